The molecule has 49 heavy (non-hydrogen) atoms. The summed E-state index contributed by atoms with van der Waals surface area (Å²) in [4.78, 5) is 30.1. The lowest BCUT2D eigenvalue weighted by Gasteiger charge is -2.34. The zero-order valence-electron chi connectivity index (χ0n) is 26.8. The highest BCUT2D eigenvalue weighted by molar-refractivity contribution is 9.10. The molecule has 0 radical (unpaired) electrons. The van der Waals surface area contributed by atoms with Crippen molar-refractivity contribution in [2.24, 2.45) is 0 Å². The second-order valence-electron chi connectivity index (χ2n) is 12.1. The van der Waals surface area contributed by atoms with Gasteiger partial charge in [0.15, 0.2) is 11.5 Å². The number of carbonyl (C=O) groups is 2. The summed E-state index contributed by atoms with van der Waals surface area (Å²) in [5.41, 5.74) is 1.69. The molecule has 1 atom stereocenters. The average molecular weight is 751 g/mol. The predicted octanol–water partition coefficient (Wildman–Crippen LogP) is 6.25. The van der Waals surface area contributed by atoms with Gasteiger partial charge in [0.25, 0.3) is 10.0 Å². The maximum Gasteiger partial charge on any atom is 0.264 e. The van der Waals surface area contributed by atoms with Gasteiger partial charge in [0.2, 0.25) is 11.8 Å². The van der Waals surface area contributed by atoms with Gasteiger partial charge in [-0.05, 0) is 72.5 Å². The van der Waals surface area contributed by atoms with Crippen molar-refractivity contribution in [3.63, 3.8) is 0 Å². The van der Waals surface area contributed by atoms with Crippen LogP contribution in [0.5, 0.6) is 11.5 Å². The Morgan fingerprint density at radius 3 is 2.22 bits per heavy atom. The van der Waals surface area contributed by atoms with Crippen LogP contribution in [0.1, 0.15) is 36.8 Å². The van der Waals surface area contributed by atoms with Crippen LogP contribution in [0.4, 0.5) is 10.1 Å². The van der Waals surface area contributed by atoms with E-state index in [0.717, 1.165) is 57.7 Å². The summed E-state index contributed by atoms with van der Waals surface area (Å²) in [6.45, 7) is -0.0145. The number of sulfonamides is 1. The zero-order valence-corrected chi connectivity index (χ0v) is 29.2. The Bertz CT molecular complexity index is 1870. The van der Waals surface area contributed by atoms with Crippen LogP contribution in [0.15, 0.2) is 106 Å². The first-order chi connectivity index (χ1) is 23.7. The van der Waals surface area contributed by atoms with Crippen molar-refractivity contribution in [2.45, 2.75) is 55.6 Å². The Kier molecular flexibility index (Phi) is 10.8. The number of amides is 2. The summed E-state index contributed by atoms with van der Waals surface area (Å²) in [5, 5.41) is 3.17. The van der Waals surface area contributed by atoms with Crippen LogP contribution >= 0.6 is 15.9 Å². The molecule has 6 rings (SSSR count). The number of fused-ring (bicyclic) bond motifs is 1. The highest BCUT2D eigenvalue weighted by Crippen LogP contribution is 2.34. The van der Waals surface area contributed by atoms with Gasteiger partial charge in [0.05, 0.1) is 10.6 Å². The molecule has 0 unspecified atom stereocenters. The normalized spacial score (nSPS) is 15.0. The van der Waals surface area contributed by atoms with Crippen molar-refractivity contribution in [1.29, 1.82) is 0 Å². The molecule has 1 N–H and O–H groups in total. The standard InChI is InChI=1S/C37H37BrFN3O6S/c38-28-12-10-27(11-13-28)24-41(33(22-26-6-2-1-3-7-26)37(44)40-30-8-4-5-9-30)36(43)25-42(31-16-14-29(39)15-17-31)49(45,46)32-18-19-34-35(23-32)48-21-20-47-34/h1-3,6-7,10-19,23,30,33H,4-5,8-9,20-22,24-25H2,(H,40,44)/t33-/m1/s1. The Labute approximate surface area is 294 Å². The van der Waals surface area contributed by atoms with E-state index in [-0.39, 0.29) is 47.9 Å². The molecule has 12 heteroatoms. The third-order valence-electron chi connectivity index (χ3n) is 8.73. The monoisotopic (exact) mass is 749 g/mol. The first-order valence-electron chi connectivity index (χ1n) is 16.2. The van der Waals surface area contributed by atoms with Gasteiger partial charge in [0, 0.05) is 29.5 Å². The molecule has 9 nitrogen and oxygen atoms in total. The molecular weight excluding hydrogens is 713 g/mol. The maximum absolute atomic E-state index is 14.7. The lowest BCUT2D eigenvalue weighted by Crippen LogP contribution is -2.54. The summed E-state index contributed by atoms with van der Waals surface area (Å²) in [7, 11) is -4.41. The first kappa shape index (κ1) is 34.4. The van der Waals surface area contributed by atoms with E-state index < -0.39 is 34.3 Å². The van der Waals surface area contributed by atoms with E-state index in [1.54, 1.807) is 0 Å². The van der Waals surface area contributed by atoms with Crippen molar-refractivity contribution >= 4 is 43.5 Å². The second-order valence-corrected chi connectivity index (χ2v) is 14.9. The number of nitrogens with zero attached hydrogens (tertiary/aromatic N) is 2. The van der Waals surface area contributed by atoms with Gasteiger partial charge in [-0.2, -0.15) is 0 Å². The summed E-state index contributed by atoms with van der Waals surface area (Å²) in [6, 6.07) is 25.0. The van der Waals surface area contributed by atoms with Crippen LogP contribution in [-0.2, 0) is 32.6 Å². The summed E-state index contributed by atoms with van der Waals surface area (Å²) >= 11 is 3.45. The van der Waals surface area contributed by atoms with E-state index in [0.29, 0.717) is 12.4 Å². The molecule has 0 bridgehead atoms. The number of carbonyl (C=O) groups excluding carboxylic acids is 2. The summed E-state index contributed by atoms with van der Waals surface area (Å²) in [6.07, 6.45) is 3.96. The number of nitrogens with one attached hydrogen (secondary N) is 1. The van der Waals surface area contributed by atoms with Crippen molar-refractivity contribution in [3.8, 4) is 11.5 Å². The van der Waals surface area contributed by atoms with Crippen molar-refractivity contribution < 1.29 is 31.9 Å². The van der Waals surface area contributed by atoms with Crippen LogP contribution in [0, 0.1) is 5.82 Å². The minimum atomic E-state index is -4.41. The average Bonchev–Trinajstić information content (AvgIpc) is 3.63. The molecule has 4 aromatic carbocycles. The zero-order chi connectivity index (χ0) is 34.4. The molecule has 1 fully saturated rings. The highest BCUT2D eigenvalue weighted by Gasteiger charge is 2.36. The van der Waals surface area contributed by atoms with E-state index in [9.17, 15) is 22.4 Å². The van der Waals surface area contributed by atoms with Crippen LogP contribution < -0.4 is 19.1 Å². The minimum absolute atomic E-state index is 0.00158. The first-order valence-corrected chi connectivity index (χ1v) is 18.5. The third-order valence-corrected chi connectivity index (χ3v) is 11.0. The SMILES string of the molecule is O=C(NC1CCCC1)[C@@H](Cc1ccccc1)N(Cc1ccc(Br)cc1)C(=O)CN(c1ccc(F)cc1)S(=O)(=O)c1ccc2c(c1)OCCO2. The molecule has 0 saturated heterocycles. The lowest BCUT2D eigenvalue weighted by atomic mass is 10.0. The molecule has 256 valence electrons. The van der Waals surface area contributed by atoms with Gasteiger partial charge in [-0.1, -0.05) is 71.2 Å². The van der Waals surface area contributed by atoms with Crippen LogP contribution in [0.25, 0.3) is 0 Å². The Morgan fingerprint density at radius 2 is 1.53 bits per heavy atom. The number of ether oxygens (including phenoxy) is 2. The quantitative estimate of drug-likeness (QED) is 0.184. The highest BCUT2D eigenvalue weighted by atomic mass is 79.9. The number of rotatable bonds is 12. The Balaban J connectivity index is 1.39. The van der Waals surface area contributed by atoms with Gasteiger partial charge in [-0.25, -0.2) is 12.8 Å². The van der Waals surface area contributed by atoms with Crippen LogP contribution in [0.3, 0.4) is 0 Å². The predicted molar refractivity (Wildman–Crippen MR) is 187 cm³/mol. The summed E-state index contributed by atoms with van der Waals surface area (Å²) in [5.74, 6) is -0.788. The van der Waals surface area contributed by atoms with Crippen LogP contribution in [0.2, 0.25) is 0 Å². The number of halogens is 2. The molecule has 1 aliphatic heterocycles. The van der Waals surface area contributed by atoms with Gasteiger partial charge in [0.1, 0.15) is 31.6 Å². The number of hydrogen-bond acceptors (Lipinski definition) is 6. The van der Waals surface area contributed by atoms with Crippen molar-refractivity contribution in [1.82, 2.24) is 10.2 Å². The fraction of sp³-hybridized carbons (Fsp3) is 0.297. The number of hydrogen-bond donors (Lipinski definition) is 1. The van der Waals surface area contributed by atoms with Gasteiger partial charge in [-0.3, -0.25) is 13.9 Å². The van der Waals surface area contributed by atoms with E-state index in [2.05, 4.69) is 21.2 Å². The number of anilines is 1. The second kappa shape index (κ2) is 15.4. The van der Waals surface area contributed by atoms with E-state index in [1.165, 1.54) is 35.2 Å². The van der Waals surface area contributed by atoms with E-state index >= 15 is 0 Å². The molecule has 0 aromatic heterocycles. The third kappa shape index (κ3) is 8.42. The molecule has 1 saturated carbocycles. The molecule has 0 spiro atoms. The Hall–Kier alpha value is -4.42. The van der Waals surface area contributed by atoms with Gasteiger partial charge in [-0.15, -0.1) is 0 Å². The molecule has 2 amide bonds. The minimum Gasteiger partial charge on any atom is -0.486 e. The van der Waals surface area contributed by atoms with Crippen LogP contribution in [-0.4, -0.2) is 57.0 Å². The molecule has 1 heterocycles. The molecular formula is C37H37BrFN3O6S. The maximum atomic E-state index is 14.7. The van der Waals surface area contributed by atoms with Crippen molar-refractivity contribution in [3.05, 3.63) is 118 Å². The fourth-order valence-electron chi connectivity index (χ4n) is 6.16. The Morgan fingerprint density at radius 1 is 0.857 bits per heavy atom. The molecule has 2 aliphatic rings. The lowest BCUT2D eigenvalue weighted by molar-refractivity contribution is -0.140. The van der Waals surface area contributed by atoms with E-state index in [4.69, 9.17) is 9.47 Å². The fourth-order valence-corrected chi connectivity index (χ4v) is 7.85. The molecule has 4 aromatic rings. The number of benzene rings is 4. The molecule has 1 aliphatic carbocycles. The van der Waals surface area contributed by atoms with E-state index in [1.807, 2.05) is 54.6 Å². The van der Waals surface area contributed by atoms with Crippen molar-refractivity contribution in [2.75, 3.05) is 24.1 Å². The smallest absolute Gasteiger partial charge is 0.264 e. The largest absolute Gasteiger partial charge is 0.486 e. The topological polar surface area (TPSA) is 105 Å². The van der Waals surface area contributed by atoms with Gasteiger partial charge < -0.3 is 19.7 Å². The van der Waals surface area contributed by atoms with Gasteiger partial charge >= 0.3 is 0 Å². The summed E-state index contributed by atoms with van der Waals surface area (Å²) < 4.78 is 55.8.